The molecule has 0 bridgehead atoms. The molecule has 86 valence electrons. The Balaban J connectivity index is 1.85. The van der Waals surface area contributed by atoms with E-state index in [2.05, 4.69) is 4.90 Å². The van der Waals surface area contributed by atoms with Gasteiger partial charge in [0.05, 0.1) is 17.2 Å². The fraction of sp³-hybridized carbons (Fsp3) is 0.900. The third-order valence-corrected chi connectivity index (χ3v) is 3.54. The third-order valence-electron chi connectivity index (χ3n) is 3.40. The quantitative estimate of drug-likeness (QED) is 0.567. The van der Waals surface area contributed by atoms with Crippen molar-refractivity contribution in [2.24, 2.45) is 11.1 Å². The molecular weight excluding hydrogens is 212 g/mol. The lowest BCUT2D eigenvalue weighted by Gasteiger charge is -2.22. The van der Waals surface area contributed by atoms with E-state index in [4.69, 9.17) is 18.0 Å². The van der Waals surface area contributed by atoms with E-state index < -0.39 is 12.2 Å². The highest BCUT2D eigenvalue weighted by Crippen LogP contribution is 2.49. The number of nitrogens with zero attached hydrogens (tertiary/aromatic N) is 1. The fourth-order valence-electron chi connectivity index (χ4n) is 2.39. The molecule has 2 aliphatic rings. The van der Waals surface area contributed by atoms with E-state index in [0.29, 0.717) is 18.1 Å². The summed E-state index contributed by atoms with van der Waals surface area (Å²) in [4.78, 5) is 2.69. The second kappa shape index (κ2) is 3.97. The minimum Gasteiger partial charge on any atom is -0.393 e. The van der Waals surface area contributed by atoms with Crippen molar-refractivity contribution < 1.29 is 10.2 Å². The fourth-order valence-corrected chi connectivity index (χ4v) is 2.69. The van der Waals surface area contributed by atoms with Gasteiger partial charge in [0.2, 0.25) is 0 Å². The minimum atomic E-state index is -0.592. The average Bonchev–Trinajstić information content (AvgIpc) is 2.75. The van der Waals surface area contributed by atoms with Crippen LogP contribution in [0.5, 0.6) is 0 Å². The predicted molar refractivity (Wildman–Crippen MR) is 61.5 cm³/mol. The van der Waals surface area contributed by atoms with Crippen molar-refractivity contribution in [3.63, 3.8) is 0 Å². The molecule has 1 aliphatic carbocycles. The highest BCUT2D eigenvalue weighted by molar-refractivity contribution is 7.80. The summed E-state index contributed by atoms with van der Waals surface area (Å²) in [5.41, 5.74) is 5.81. The van der Waals surface area contributed by atoms with Gasteiger partial charge in [-0.1, -0.05) is 12.2 Å². The van der Waals surface area contributed by atoms with Gasteiger partial charge < -0.3 is 15.9 Å². The summed E-state index contributed by atoms with van der Waals surface area (Å²) in [6.45, 7) is 2.04. The van der Waals surface area contributed by atoms with Crippen molar-refractivity contribution in [2.45, 2.75) is 31.5 Å². The molecule has 1 saturated carbocycles. The molecule has 2 rings (SSSR count). The molecule has 1 saturated heterocycles. The van der Waals surface area contributed by atoms with Crippen molar-refractivity contribution in [1.82, 2.24) is 4.90 Å². The van der Waals surface area contributed by atoms with E-state index in [-0.39, 0.29) is 5.41 Å². The molecule has 5 heteroatoms. The Morgan fingerprint density at radius 1 is 1.33 bits per heavy atom. The molecule has 15 heavy (non-hydrogen) atoms. The molecule has 4 nitrogen and oxygen atoms in total. The van der Waals surface area contributed by atoms with Gasteiger partial charge in [-0.25, -0.2) is 0 Å². The van der Waals surface area contributed by atoms with E-state index in [1.807, 2.05) is 0 Å². The smallest absolute Gasteiger partial charge is 0.0938 e. The van der Waals surface area contributed by atoms with Crippen LogP contribution < -0.4 is 5.73 Å². The van der Waals surface area contributed by atoms with Gasteiger partial charge in [-0.15, -0.1) is 0 Å². The Labute approximate surface area is 95.1 Å². The van der Waals surface area contributed by atoms with Gasteiger partial charge in [-0.05, 0) is 18.3 Å². The Morgan fingerprint density at radius 3 is 2.27 bits per heavy atom. The summed E-state index contributed by atoms with van der Waals surface area (Å²) in [6.07, 6.45) is 1.93. The van der Waals surface area contributed by atoms with Crippen LogP contribution in [-0.2, 0) is 0 Å². The van der Waals surface area contributed by atoms with Crippen LogP contribution >= 0.6 is 12.2 Å². The van der Waals surface area contributed by atoms with Gasteiger partial charge in [-0.3, -0.25) is 4.90 Å². The Hall–Kier alpha value is -0.230. The molecule has 0 aromatic heterocycles. The summed E-state index contributed by atoms with van der Waals surface area (Å²) in [7, 11) is 0. The number of hydrogen-bond donors (Lipinski definition) is 3. The highest BCUT2D eigenvalue weighted by atomic mass is 32.1. The van der Waals surface area contributed by atoms with E-state index >= 15 is 0 Å². The number of thiocarbonyl (C=S) groups is 1. The highest BCUT2D eigenvalue weighted by Gasteiger charge is 2.45. The maximum atomic E-state index is 9.43. The number of nitrogens with two attached hydrogens (primary N) is 1. The minimum absolute atomic E-state index is 0.246. The Morgan fingerprint density at radius 2 is 1.87 bits per heavy atom. The summed E-state index contributed by atoms with van der Waals surface area (Å²) >= 11 is 4.93. The third kappa shape index (κ3) is 2.66. The average molecular weight is 230 g/mol. The Kier molecular flexibility index (Phi) is 2.98. The van der Waals surface area contributed by atoms with E-state index in [0.717, 1.165) is 25.8 Å². The molecular formula is C10H18N2O2S. The standard InChI is InChI=1S/C10H18N2O2S/c11-9(15)3-10(1-2-10)6-12-4-7(13)8(14)5-12/h7-8,13-14H,1-6H2,(H2,11,15). The summed E-state index contributed by atoms with van der Waals surface area (Å²) in [5.74, 6) is 0. The zero-order valence-electron chi connectivity index (χ0n) is 8.72. The van der Waals surface area contributed by atoms with Crippen molar-refractivity contribution in [3.05, 3.63) is 0 Å². The first-order chi connectivity index (χ1) is 7.01. The van der Waals surface area contributed by atoms with Crippen molar-refractivity contribution in [3.8, 4) is 0 Å². The van der Waals surface area contributed by atoms with Crippen molar-refractivity contribution >= 4 is 17.2 Å². The molecule has 2 fully saturated rings. The molecule has 1 aliphatic heterocycles. The molecule has 0 aromatic rings. The number of β-amino-alcohol motifs (C(OH)–C–C–N with tert-alkyl or cyclic N) is 2. The molecule has 0 amide bonds. The monoisotopic (exact) mass is 230 g/mol. The maximum absolute atomic E-state index is 9.43. The molecule has 1 heterocycles. The van der Waals surface area contributed by atoms with Crippen LogP contribution in [0.2, 0.25) is 0 Å². The first kappa shape index (κ1) is 11.3. The van der Waals surface area contributed by atoms with E-state index in [9.17, 15) is 10.2 Å². The van der Waals surface area contributed by atoms with Crippen LogP contribution in [0.4, 0.5) is 0 Å². The SMILES string of the molecule is NC(=S)CC1(CN2CC(O)C(O)C2)CC1. The van der Waals surface area contributed by atoms with Gasteiger partial charge in [0.1, 0.15) is 0 Å². The number of aliphatic hydroxyl groups excluding tert-OH is 2. The van der Waals surface area contributed by atoms with Crippen LogP contribution in [-0.4, -0.2) is 51.9 Å². The molecule has 0 aromatic carbocycles. The summed E-state index contributed by atoms with van der Waals surface area (Å²) in [6, 6.07) is 0. The second-order valence-electron chi connectivity index (χ2n) is 4.97. The zero-order chi connectivity index (χ0) is 11.1. The van der Waals surface area contributed by atoms with Gasteiger partial charge in [0.15, 0.2) is 0 Å². The molecule has 0 spiro atoms. The molecule has 2 unspecified atom stereocenters. The molecule has 2 atom stereocenters. The van der Waals surface area contributed by atoms with Crippen molar-refractivity contribution in [1.29, 1.82) is 0 Å². The first-order valence-corrected chi connectivity index (χ1v) is 5.78. The van der Waals surface area contributed by atoms with Gasteiger partial charge >= 0.3 is 0 Å². The van der Waals surface area contributed by atoms with Crippen LogP contribution in [0.3, 0.4) is 0 Å². The summed E-state index contributed by atoms with van der Waals surface area (Å²) < 4.78 is 0. The lowest BCUT2D eigenvalue weighted by atomic mass is 10.0. The first-order valence-electron chi connectivity index (χ1n) is 5.38. The summed E-state index contributed by atoms with van der Waals surface area (Å²) in [5, 5.41) is 18.9. The van der Waals surface area contributed by atoms with Gasteiger partial charge in [0, 0.05) is 26.1 Å². The second-order valence-corrected chi connectivity index (χ2v) is 5.50. The van der Waals surface area contributed by atoms with Crippen LogP contribution in [0.15, 0.2) is 0 Å². The van der Waals surface area contributed by atoms with Crippen LogP contribution in [0.25, 0.3) is 0 Å². The van der Waals surface area contributed by atoms with Crippen molar-refractivity contribution in [2.75, 3.05) is 19.6 Å². The maximum Gasteiger partial charge on any atom is 0.0938 e. The zero-order valence-corrected chi connectivity index (χ0v) is 9.54. The van der Waals surface area contributed by atoms with E-state index in [1.54, 1.807) is 0 Å². The van der Waals surface area contributed by atoms with Crippen LogP contribution in [0.1, 0.15) is 19.3 Å². The normalized spacial score (nSPS) is 34.3. The topological polar surface area (TPSA) is 69.7 Å². The number of hydrogen-bond acceptors (Lipinski definition) is 4. The number of aliphatic hydroxyl groups is 2. The molecule has 0 radical (unpaired) electrons. The van der Waals surface area contributed by atoms with E-state index in [1.165, 1.54) is 0 Å². The predicted octanol–water partition coefficient (Wildman–Crippen LogP) is -0.520. The number of likely N-dealkylation sites (tertiary alicyclic amines) is 1. The van der Waals surface area contributed by atoms with Crippen LogP contribution in [0, 0.1) is 5.41 Å². The largest absolute Gasteiger partial charge is 0.393 e. The van der Waals surface area contributed by atoms with Gasteiger partial charge in [0.25, 0.3) is 0 Å². The lowest BCUT2D eigenvalue weighted by Crippen LogP contribution is -2.31. The molecule has 4 N–H and O–H groups in total. The number of rotatable bonds is 4. The Bertz CT molecular complexity index is 258. The van der Waals surface area contributed by atoms with Gasteiger partial charge in [-0.2, -0.15) is 0 Å². The lowest BCUT2D eigenvalue weighted by molar-refractivity contribution is 0.0572.